The van der Waals surface area contributed by atoms with Gasteiger partial charge in [0.1, 0.15) is 5.78 Å². The van der Waals surface area contributed by atoms with Gasteiger partial charge in [-0.15, -0.1) is 0 Å². The standard InChI is InChI=1S/C32H52N2O/c35-31-19-22-34-21-18-28-27-23-26-15-11-8-9-13-17-30(31)32(34)29(28)16-12-7-5-3-1-2-4-6-10-14-20-33(24-26)25-27/h2,4,23,27-30,32H,1,3,5-22,24-25H2/b4-2-/t27?,28-,29-,30?,32-/m1/s1. The van der Waals surface area contributed by atoms with Crippen LogP contribution < -0.4 is 0 Å². The van der Waals surface area contributed by atoms with Gasteiger partial charge in [0.25, 0.3) is 0 Å². The number of nitrogens with zero attached hydrogens (tertiary/aromatic N) is 2. The summed E-state index contributed by atoms with van der Waals surface area (Å²) in [6, 6.07) is 0.535. The van der Waals surface area contributed by atoms with E-state index in [1.807, 2.05) is 0 Å². The summed E-state index contributed by atoms with van der Waals surface area (Å²) < 4.78 is 0. The van der Waals surface area contributed by atoms with Gasteiger partial charge in [-0.05, 0) is 95.1 Å². The molecule has 3 heteroatoms. The molecule has 0 saturated carbocycles. The topological polar surface area (TPSA) is 23.6 Å². The minimum absolute atomic E-state index is 0.319. The Morgan fingerprint density at radius 3 is 2.34 bits per heavy atom. The van der Waals surface area contributed by atoms with Crippen molar-refractivity contribution in [1.82, 2.24) is 9.80 Å². The Kier molecular flexibility index (Phi) is 9.58. The summed E-state index contributed by atoms with van der Waals surface area (Å²) in [5, 5.41) is 0. The molecular weight excluding hydrogens is 428 g/mol. The normalized spacial score (nSPS) is 39.5. The van der Waals surface area contributed by atoms with Crippen molar-refractivity contribution in [3.8, 4) is 0 Å². The Labute approximate surface area is 215 Å². The molecule has 0 N–H and O–H groups in total. The molecule has 0 amide bonds. The number of hydrogen-bond acceptors (Lipinski definition) is 3. The van der Waals surface area contributed by atoms with Crippen LogP contribution in [0.15, 0.2) is 23.8 Å². The summed E-state index contributed by atoms with van der Waals surface area (Å²) in [6.45, 7) is 6.04. The minimum Gasteiger partial charge on any atom is -0.299 e. The van der Waals surface area contributed by atoms with Crippen LogP contribution in [0.1, 0.15) is 109 Å². The van der Waals surface area contributed by atoms with E-state index in [1.165, 1.54) is 122 Å². The average Bonchev–Trinajstić information content (AvgIpc) is 2.87. The molecule has 0 radical (unpaired) electrons. The third kappa shape index (κ3) is 6.69. The van der Waals surface area contributed by atoms with Crippen molar-refractivity contribution in [2.75, 3.05) is 32.7 Å². The van der Waals surface area contributed by atoms with Crippen molar-refractivity contribution in [1.29, 1.82) is 0 Å². The second kappa shape index (κ2) is 13.0. The van der Waals surface area contributed by atoms with E-state index in [4.69, 9.17) is 0 Å². The maximum absolute atomic E-state index is 13.3. The third-order valence-electron chi connectivity index (χ3n) is 10.2. The summed E-state index contributed by atoms with van der Waals surface area (Å²) in [5.41, 5.74) is 1.75. The van der Waals surface area contributed by atoms with E-state index in [9.17, 15) is 4.79 Å². The van der Waals surface area contributed by atoms with Gasteiger partial charge in [0.05, 0.1) is 0 Å². The fourth-order valence-electron chi connectivity index (χ4n) is 8.44. The highest BCUT2D eigenvalue weighted by atomic mass is 16.1. The van der Waals surface area contributed by atoms with Gasteiger partial charge in [0, 0.05) is 38.0 Å². The summed E-state index contributed by atoms with van der Waals surface area (Å²) >= 11 is 0. The Hall–Kier alpha value is -0.930. The molecule has 2 saturated heterocycles. The van der Waals surface area contributed by atoms with Crippen molar-refractivity contribution in [2.24, 2.45) is 23.7 Å². The zero-order chi connectivity index (χ0) is 23.9. The zero-order valence-electron chi connectivity index (χ0n) is 22.5. The van der Waals surface area contributed by atoms with Crippen LogP contribution in [-0.2, 0) is 4.79 Å². The van der Waals surface area contributed by atoms with E-state index in [0.29, 0.717) is 23.7 Å². The molecule has 5 rings (SSSR count). The van der Waals surface area contributed by atoms with Crippen LogP contribution in [0, 0.1) is 23.7 Å². The number of piperidine rings is 2. The van der Waals surface area contributed by atoms with E-state index in [0.717, 1.165) is 31.2 Å². The Morgan fingerprint density at radius 2 is 1.46 bits per heavy atom. The summed E-state index contributed by atoms with van der Waals surface area (Å²) in [4.78, 5) is 18.9. The highest BCUT2D eigenvalue weighted by Gasteiger charge is 2.48. The quantitative estimate of drug-likeness (QED) is 0.343. The number of carbonyl (C=O) groups excluding carboxylic acids is 1. The number of ketones is 1. The molecule has 196 valence electrons. The van der Waals surface area contributed by atoms with Crippen molar-refractivity contribution in [3.05, 3.63) is 23.8 Å². The molecule has 0 aromatic rings. The highest BCUT2D eigenvalue weighted by Crippen LogP contribution is 2.45. The molecule has 3 unspecified atom stereocenters. The predicted octanol–water partition coefficient (Wildman–Crippen LogP) is 7.18. The van der Waals surface area contributed by atoms with Gasteiger partial charge in [0.15, 0.2) is 0 Å². The number of fused-ring (bicyclic) bond motifs is 1. The highest BCUT2D eigenvalue weighted by molar-refractivity contribution is 5.82. The van der Waals surface area contributed by atoms with Crippen LogP contribution in [0.4, 0.5) is 0 Å². The van der Waals surface area contributed by atoms with Crippen molar-refractivity contribution < 1.29 is 4.79 Å². The van der Waals surface area contributed by atoms with Gasteiger partial charge < -0.3 is 0 Å². The molecule has 6 atom stereocenters. The van der Waals surface area contributed by atoms with Crippen LogP contribution in [0.5, 0.6) is 0 Å². The molecule has 3 nitrogen and oxygen atoms in total. The van der Waals surface area contributed by atoms with E-state index < -0.39 is 0 Å². The molecular formula is C32H52N2O. The largest absolute Gasteiger partial charge is 0.299 e. The third-order valence-corrected chi connectivity index (χ3v) is 10.2. The summed E-state index contributed by atoms with van der Waals surface area (Å²) in [7, 11) is 0. The SMILES string of the molecule is O=C1CCN2CC[C@@H]3C4C=C5CCCCCCC1[C@H]2[C@@H]3CCCCCC/C=C\CCCCN(C5)C4. The van der Waals surface area contributed by atoms with Crippen LogP contribution in [-0.4, -0.2) is 54.3 Å². The lowest BCUT2D eigenvalue weighted by molar-refractivity contribution is -0.135. The van der Waals surface area contributed by atoms with Crippen molar-refractivity contribution in [2.45, 2.75) is 115 Å². The van der Waals surface area contributed by atoms with Gasteiger partial charge in [0.2, 0.25) is 0 Å². The summed E-state index contributed by atoms with van der Waals surface area (Å²) in [5.74, 6) is 3.13. The minimum atomic E-state index is 0.319. The number of rotatable bonds is 0. The number of hydrogen-bond donors (Lipinski definition) is 0. The fourth-order valence-corrected chi connectivity index (χ4v) is 8.44. The van der Waals surface area contributed by atoms with Gasteiger partial charge in [-0.2, -0.15) is 0 Å². The average molecular weight is 481 g/mol. The first kappa shape index (κ1) is 25.7. The lowest BCUT2D eigenvalue weighted by Gasteiger charge is -2.53. The summed E-state index contributed by atoms with van der Waals surface area (Å²) in [6.07, 6.45) is 29.6. The second-order valence-corrected chi connectivity index (χ2v) is 12.6. The number of carbonyl (C=O) groups is 1. The van der Waals surface area contributed by atoms with Gasteiger partial charge in [-0.25, -0.2) is 0 Å². The fraction of sp³-hybridized carbons (Fsp3) is 0.844. The molecule has 4 heterocycles. The number of Topliss-reactive ketones (excluding diaryl/α,β-unsaturated/α-hetero) is 1. The molecule has 6 bridgehead atoms. The maximum Gasteiger partial charge on any atom is 0.138 e. The van der Waals surface area contributed by atoms with Crippen molar-refractivity contribution >= 4 is 5.78 Å². The monoisotopic (exact) mass is 480 g/mol. The van der Waals surface area contributed by atoms with Crippen LogP contribution in [0.25, 0.3) is 0 Å². The first-order chi connectivity index (χ1) is 17.3. The molecule has 2 fully saturated rings. The van der Waals surface area contributed by atoms with Gasteiger partial charge >= 0.3 is 0 Å². The zero-order valence-corrected chi connectivity index (χ0v) is 22.5. The first-order valence-electron chi connectivity index (χ1n) is 15.6. The molecule has 4 aliphatic heterocycles. The van der Waals surface area contributed by atoms with E-state index in [1.54, 1.807) is 5.57 Å². The Balaban J connectivity index is 1.44. The van der Waals surface area contributed by atoms with Crippen LogP contribution in [0.2, 0.25) is 0 Å². The molecule has 1 aliphatic carbocycles. The first-order valence-corrected chi connectivity index (χ1v) is 15.6. The Bertz CT molecular complexity index is 742. The van der Waals surface area contributed by atoms with E-state index in [-0.39, 0.29) is 0 Å². The van der Waals surface area contributed by atoms with E-state index in [2.05, 4.69) is 28.0 Å². The lowest BCUT2D eigenvalue weighted by atomic mass is 9.64. The maximum atomic E-state index is 13.3. The second-order valence-electron chi connectivity index (χ2n) is 12.6. The van der Waals surface area contributed by atoms with Gasteiger partial charge in [-0.3, -0.25) is 14.6 Å². The molecule has 0 spiro atoms. The number of allylic oxidation sites excluding steroid dienone is 2. The Morgan fingerprint density at radius 1 is 0.686 bits per heavy atom. The van der Waals surface area contributed by atoms with Crippen LogP contribution in [0.3, 0.4) is 0 Å². The van der Waals surface area contributed by atoms with Crippen LogP contribution >= 0.6 is 0 Å². The van der Waals surface area contributed by atoms with Crippen molar-refractivity contribution in [3.63, 3.8) is 0 Å². The van der Waals surface area contributed by atoms with E-state index >= 15 is 0 Å². The van der Waals surface area contributed by atoms with Gasteiger partial charge in [-0.1, -0.05) is 62.3 Å². The predicted molar refractivity (Wildman–Crippen MR) is 146 cm³/mol. The molecule has 0 aromatic carbocycles. The smallest absolute Gasteiger partial charge is 0.138 e. The molecule has 5 aliphatic rings. The lowest BCUT2D eigenvalue weighted by Crippen LogP contribution is -2.59. The molecule has 0 aromatic heterocycles. The molecule has 35 heavy (non-hydrogen) atoms.